The zero-order valence-electron chi connectivity index (χ0n) is 9.25. The zero-order chi connectivity index (χ0) is 11.7. The van der Waals surface area contributed by atoms with Crippen LogP contribution < -0.4 is 0 Å². The minimum atomic E-state index is -0.194. The van der Waals surface area contributed by atoms with Crippen molar-refractivity contribution in [3.63, 3.8) is 0 Å². The van der Waals surface area contributed by atoms with Crippen LogP contribution in [0.4, 0.5) is 4.39 Å². The number of phenolic OH excluding ortho intramolecular Hbond substituents is 1. The minimum absolute atomic E-state index is 0.194. The van der Waals surface area contributed by atoms with Crippen LogP contribution in [0.2, 0.25) is 0 Å². The molecule has 1 nitrogen and oxygen atoms in total. The third-order valence-corrected chi connectivity index (χ3v) is 3.48. The number of aryl methyl sites for hydroxylation is 1. The molecular formula is C13H13FOS. The van der Waals surface area contributed by atoms with E-state index < -0.39 is 0 Å². The Balaban J connectivity index is 2.89. The van der Waals surface area contributed by atoms with Crippen molar-refractivity contribution in [2.45, 2.75) is 18.2 Å². The zero-order valence-corrected chi connectivity index (χ0v) is 10.1. The number of thioether (sulfide) groups is 1. The average molecular weight is 236 g/mol. The van der Waals surface area contributed by atoms with Gasteiger partial charge in [-0.3, -0.25) is 0 Å². The smallest absolute Gasteiger partial charge is 0.137 e. The van der Waals surface area contributed by atoms with Crippen molar-refractivity contribution in [2.24, 2.45) is 0 Å². The highest BCUT2D eigenvalue weighted by Gasteiger charge is 2.11. The van der Waals surface area contributed by atoms with Gasteiger partial charge in [-0.05, 0) is 41.8 Å². The summed E-state index contributed by atoms with van der Waals surface area (Å²) in [7, 11) is 0. The van der Waals surface area contributed by atoms with Crippen LogP contribution in [0.1, 0.15) is 12.5 Å². The first kappa shape index (κ1) is 11.3. The molecule has 0 heterocycles. The molecule has 0 saturated carbocycles. The summed E-state index contributed by atoms with van der Waals surface area (Å²) in [4.78, 5) is 0.661. The van der Waals surface area contributed by atoms with Crippen LogP contribution in [-0.4, -0.2) is 11.4 Å². The molecule has 84 valence electrons. The molecule has 0 amide bonds. The number of benzene rings is 2. The molecule has 0 spiro atoms. The second-order valence-electron chi connectivity index (χ2n) is 3.64. The Morgan fingerprint density at radius 2 is 2.06 bits per heavy atom. The molecule has 2 aromatic carbocycles. The number of fused-ring (bicyclic) bond motifs is 1. The largest absolute Gasteiger partial charge is 0.508 e. The number of phenols is 1. The third kappa shape index (κ3) is 1.76. The van der Waals surface area contributed by atoms with E-state index in [0.29, 0.717) is 4.90 Å². The Hall–Kier alpha value is -1.22. The van der Waals surface area contributed by atoms with E-state index in [0.717, 1.165) is 22.8 Å². The highest BCUT2D eigenvalue weighted by atomic mass is 32.2. The lowest BCUT2D eigenvalue weighted by Gasteiger charge is -2.10. The van der Waals surface area contributed by atoms with Crippen LogP contribution in [0, 0.1) is 5.82 Å². The summed E-state index contributed by atoms with van der Waals surface area (Å²) in [5.74, 6) is 0.0448. The maximum Gasteiger partial charge on any atom is 0.137 e. The van der Waals surface area contributed by atoms with E-state index in [1.54, 1.807) is 18.2 Å². The summed E-state index contributed by atoms with van der Waals surface area (Å²) in [5, 5.41) is 11.4. The second-order valence-corrected chi connectivity index (χ2v) is 4.45. The van der Waals surface area contributed by atoms with Crippen LogP contribution in [0.25, 0.3) is 10.8 Å². The fourth-order valence-corrected chi connectivity index (χ4v) is 2.67. The highest BCUT2D eigenvalue weighted by Crippen LogP contribution is 2.34. The van der Waals surface area contributed by atoms with Crippen molar-refractivity contribution in [1.82, 2.24) is 0 Å². The van der Waals surface area contributed by atoms with Crippen LogP contribution in [-0.2, 0) is 6.42 Å². The first-order valence-corrected chi connectivity index (χ1v) is 6.38. The Morgan fingerprint density at radius 3 is 2.69 bits per heavy atom. The van der Waals surface area contributed by atoms with Crippen LogP contribution >= 0.6 is 11.8 Å². The predicted octanol–water partition coefficient (Wildman–Crippen LogP) is 3.97. The van der Waals surface area contributed by atoms with Gasteiger partial charge < -0.3 is 5.11 Å². The topological polar surface area (TPSA) is 20.2 Å². The highest BCUT2D eigenvalue weighted by molar-refractivity contribution is 7.98. The van der Waals surface area contributed by atoms with Gasteiger partial charge >= 0.3 is 0 Å². The average Bonchev–Trinajstić information content (AvgIpc) is 2.28. The van der Waals surface area contributed by atoms with Crippen molar-refractivity contribution < 1.29 is 9.50 Å². The van der Waals surface area contributed by atoms with Gasteiger partial charge in [-0.15, -0.1) is 11.8 Å². The lowest BCUT2D eigenvalue weighted by Crippen LogP contribution is -1.90. The maximum absolute atomic E-state index is 13.7. The third-order valence-electron chi connectivity index (χ3n) is 2.67. The van der Waals surface area contributed by atoms with Gasteiger partial charge in [0.15, 0.2) is 0 Å². The fraction of sp³-hybridized carbons (Fsp3) is 0.231. The Morgan fingerprint density at radius 1 is 1.31 bits per heavy atom. The van der Waals surface area contributed by atoms with Crippen molar-refractivity contribution in [3.05, 3.63) is 35.6 Å². The van der Waals surface area contributed by atoms with Gasteiger partial charge in [-0.25, -0.2) is 4.39 Å². The van der Waals surface area contributed by atoms with Gasteiger partial charge in [-0.2, -0.15) is 0 Å². The first-order valence-electron chi connectivity index (χ1n) is 5.15. The van der Waals surface area contributed by atoms with E-state index in [1.165, 1.54) is 17.8 Å². The van der Waals surface area contributed by atoms with E-state index >= 15 is 0 Å². The molecule has 0 aliphatic heterocycles. The molecule has 0 bridgehead atoms. The fourth-order valence-electron chi connectivity index (χ4n) is 1.95. The number of hydrogen-bond acceptors (Lipinski definition) is 2. The van der Waals surface area contributed by atoms with Crippen LogP contribution in [0.3, 0.4) is 0 Å². The quantitative estimate of drug-likeness (QED) is 0.796. The number of hydrogen-bond donors (Lipinski definition) is 1. The molecule has 2 rings (SSSR count). The Bertz CT molecular complexity index is 537. The van der Waals surface area contributed by atoms with Crippen LogP contribution in [0.5, 0.6) is 5.75 Å². The molecule has 0 aliphatic rings. The van der Waals surface area contributed by atoms with Crippen LogP contribution in [0.15, 0.2) is 29.2 Å². The summed E-state index contributed by atoms with van der Waals surface area (Å²) in [6.45, 7) is 2.00. The van der Waals surface area contributed by atoms with Gasteiger partial charge in [0.1, 0.15) is 11.6 Å². The molecule has 2 aromatic rings. The summed E-state index contributed by atoms with van der Waals surface area (Å²) < 4.78 is 13.7. The molecule has 1 N–H and O–H groups in total. The Labute approximate surface area is 98.3 Å². The molecule has 0 aromatic heterocycles. The van der Waals surface area contributed by atoms with E-state index in [4.69, 9.17) is 0 Å². The van der Waals surface area contributed by atoms with Crippen molar-refractivity contribution in [1.29, 1.82) is 0 Å². The van der Waals surface area contributed by atoms with Crippen molar-refractivity contribution >= 4 is 22.5 Å². The van der Waals surface area contributed by atoms with E-state index in [-0.39, 0.29) is 11.6 Å². The van der Waals surface area contributed by atoms with Gasteiger partial charge in [-0.1, -0.05) is 13.0 Å². The van der Waals surface area contributed by atoms with Gasteiger partial charge in [0.05, 0.1) is 4.90 Å². The number of aromatic hydroxyl groups is 1. The molecule has 16 heavy (non-hydrogen) atoms. The van der Waals surface area contributed by atoms with E-state index in [9.17, 15) is 9.50 Å². The Kier molecular flexibility index (Phi) is 3.06. The molecule has 0 radical (unpaired) electrons. The number of rotatable bonds is 2. The van der Waals surface area contributed by atoms with Crippen molar-refractivity contribution in [3.8, 4) is 5.75 Å². The first-order chi connectivity index (χ1) is 7.67. The standard InChI is InChI=1S/C13H13FOS/c1-3-8-6-10(15)7-9-4-5-11(14)13(16-2)12(8)9/h4-7,15H,3H2,1-2H3. The van der Waals surface area contributed by atoms with Crippen molar-refractivity contribution in [2.75, 3.05) is 6.26 Å². The molecular weight excluding hydrogens is 223 g/mol. The SMILES string of the molecule is CCc1cc(O)cc2ccc(F)c(SC)c12. The summed E-state index contributed by atoms with van der Waals surface area (Å²) in [6.07, 6.45) is 2.64. The van der Waals surface area contributed by atoms with Gasteiger partial charge in [0.2, 0.25) is 0 Å². The lowest BCUT2D eigenvalue weighted by atomic mass is 10.0. The molecule has 0 unspecified atom stereocenters. The normalized spacial score (nSPS) is 10.9. The monoisotopic (exact) mass is 236 g/mol. The summed E-state index contributed by atoms with van der Waals surface area (Å²) in [6, 6.07) is 6.55. The molecule has 3 heteroatoms. The predicted molar refractivity (Wildman–Crippen MR) is 66.7 cm³/mol. The summed E-state index contributed by atoms with van der Waals surface area (Å²) >= 11 is 1.40. The molecule has 0 atom stereocenters. The second kappa shape index (κ2) is 4.34. The molecule has 0 aliphatic carbocycles. The molecule has 0 fully saturated rings. The van der Waals surface area contributed by atoms with Gasteiger partial charge in [0.25, 0.3) is 0 Å². The van der Waals surface area contributed by atoms with E-state index in [1.807, 2.05) is 13.2 Å². The molecule has 0 saturated heterocycles. The minimum Gasteiger partial charge on any atom is -0.508 e. The lowest BCUT2D eigenvalue weighted by molar-refractivity contribution is 0.475. The summed E-state index contributed by atoms with van der Waals surface area (Å²) in [5.41, 5.74) is 0.985. The maximum atomic E-state index is 13.7. The number of halogens is 1. The van der Waals surface area contributed by atoms with E-state index in [2.05, 4.69) is 0 Å². The van der Waals surface area contributed by atoms with Gasteiger partial charge in [0, 0.05) is 5.39 Å².